The first-order chi connectivity index (χ1) is 21.7. The predicted octanol–water partition coefficient (Wildman–Crippen LogP) is 4.58. The molecule has 1 aromatic heterocycles. The maximum atomic E-state index is 12.8. The van der Waals surface area contributed by atoms with Crippen molar-refractivity contribution in [3.8, 4) is 0 Å². The van der Waals surface area contributed by atoms with Gasteiger partial charge in [0, 0.05) is 31.4 Å². The van der Waals surface area contributed by atoms with Gasteiger partial charge in [-0.05, 0) is 18.9 Å². The molecule has 0 fully saturated rings. The molecular weight excluding hydrogens is 599 g/mol. The molecule has 0 amide bonds. The third-order valence-corrected chi connectivity index (χ3v) is 6.62. The number of Topliss-reactive ketones (excluding diaryl/α,β-unsaturated/α-hetero) is 2. The van der Waals surface area contributed by atoms with Gasteiger partial charge in [0.25, 0.3) is 0 Å². The number of carbonyl (C=O) groups is 2. The van der Waals surface area contributed by atoms with E-state index in [1.165, 1.54) is 24.3 Å². The zero-order valence-corrected chi connectivity index (χ0v) is 26.2. The van der Waals surface area contributed by atoms with Crippen molar-refractivity contribution >= 4 is 11.6 Å². The van der Waals surface area contributed by atoms with Crippen molar-refractivity contribution in [2.75, 3.05) is 72.7 Å². The Labute approximate surface area is 262 Å². The van der Waals surface area contributed by atoms with Crippen molar-refractivity contribution < 1.29 is 51.2 Å². The second kappa shape index (κ2) is 22.7. The zero-order chi connectivity index (χ0) is 32.8. The summed E-state index contributed by atoms with van der Waals surface area (Å²) in [7, 11) is 0. The summed E-state index contributed by atoms with van der Waals surface area (Å²) in [6.07, 6.45) is -0.818. The van der Waals surface area contributed by atoms with E-state index >= 15 is 0 Å². The number of aromatic nitrogens is 3. The van der Waals surface area contributed by atoms with E-state index in [0.29, 0.717) is 116 Å². The van der Waals surface area contributed by atoms with Crippen LogP contribution in [0.2, 0.25) is 0 Å². The molecule has 1 atom stereocenters. The van der Waals surface area contributed by atoms with Crippen molar-refractivity contribution in [2.24, 2.45) is 0 Å². The van der Waals surface area contributed by atoms with Crippen LogP contribution in [0.25, 0.3) is 0 Å². The second-order valence-corrected chi connectivity index (χ2v) is 10.1. The van der Waals surface area contributed by atoms with E-state index in [4.69, 9.17) is 28.4 Å². The fourth-order valence-corrected chi connectivity index (χ4v) is 3.82. The van der Waals surface area contributed by atoms with E-state index in [-0.39, 0.29) is 23.6 Å². The number of carbonyl (C=O) groups excluding carboxylic acids is 2. The number of hydrogen-bond donors (Lipinski definition) is 0. The molecule has 2 aromatic rings. The Bertz CT molecular complexity index is 1080. The van der Waals surface area contributed by atoms with Crippen molar-refractivity contribution in [1.29, 1.82) is 0 Å². The van der Waals surface area contributed by atoms with Crippen LogP contribution in [0, 0.1) is 0 Å². The lowest BCUT2D eigenvalue weighted by atomic mass is 9.97. The highest BCUT2D eigenvalue weighted by Crippen LogP contribution is 2.34. The van der Waals surface area contributed by atoms with Gasteiger partial charge in [-0.1, -0.05) is 36.4 Å². The average Bonchev–Trinajstić information content (AvgIpc) is 3.48. The number of nitrogens with zero attached hydrogens (tertiary/aromatic N) is 3. The molecule has 11 nitrogen and oxygen atoms in total. The fraction of sp³-hybridized carbons (Fsp3) is 0.677. The molecule has 0 aliphatic heterocycles. The summed E-state index contributed by atoms with van der Waals surface area (Å²) in [5.41, 5.74) is 1.20. The highest BCUT2D eigenvalue weighted by Gasteiger charge is 2.36. The monoisotopic (exact) mass is 645 g/mol. The minimum Gasteiger partial charge on any atom is -0.380 e. The van der Waals surface area contributed by atoms with E-state index in [0.717, 1.165) is 6.92 Å². The van der Waals surface area contributed by atoms with E-state index in [1.807, 2.05) is 6.92 Å². The van der Waals surface area contributed by atoms with E-state index in [2.05, 4.69) is 10.3 Å². The van der Waals surface area contributed by atoms with Crippen molar-refractivity contribution in [1.82, 2.24) is 15.0 Å². The van der Waals surface area contributed by atoms with Crippen molar-refractivity contribution in [3.05, 3.63) is 47.3 Å². The molecule has 1 unspecified atom stereocenters. The number of halogens is 3. The van der Waals surface area contributed by atoms with Gasteiger partial charge in [-0.2, -0.15) is 13.2 Å². The SMILES string of the molecule is CCC(=O)CCOCCOCCOCCOCCOCc1cn(CCOCCCC(=O)c2ccc(C(C)C(F)(F)F)cc2)nn1. The minimum absolute atomic E-state index is 0.132. The Kier molecular flexibility index (Phi) is 19.4. The molecule has 14 heteroatoms. The standard InChI is InChI=1S/C31H46F3N3O8/c1-3-29(38)10-13-41-15-16-42-17-18-43-19-20-44-21-22-45-24-28-23-37(36-35-28)11-14-40-12-4-5-30(39)27-8-6-26(7-9-27)25(2)31(32,33)34/h6-9,23,25H,3-5,10-22,24H2,1-2H3. The highest BCUT2D eigenvalue weighted by atomic mass is 19.4. The van der Waals surface area contributed by atoms with E-state index < -0.39 is 12.1 Å². The molecule has 0 spiro atoms. The van der Waals surface area contributed by atoms with Crippen molar-refractivity contribution in [2.45, 2.75) is 64.8 Å². The summed E-state index contributed by atoms with van der Waals surface area (Å²) in [5.74, 6) is -1.52. The molecule has 45 heavy (non-hydrogen) atoms. The predicted molar refractivity (Wildman–Crippen MR) is 158 cm³/mol. The fourth-order valence-electron chi connectivity index (χ4n) is 3.82. The van der Waals surface area contributed by atoms with E-state index in [1.54, 1.807) is 10.9 Å². The normalized spacial score (nSPS) is 12.5. The smallest absolute Gasteiger partial charge is 0.380 e. The molecule has 0 bridgehead atoms. The third-order valence-electron chi connectivity index (χ3n) is 6.62. The van der Waals surface area contributed by atoms with Crippen LogP contribution in [0.1, 0.15) is 67.1 Å². The van der Waals surface area contributed by atoms with E-state index in [9.17, 15) is 22.8 Å². The molecule has 2 rings (SSSR count). The first-order valence-electron chi connectivity index (χ1n) is 15.3. The number of hydrogen-bond acceptors (Lipinski definition) is 10. The average molecular weight is 646 g/mol. The first-order valence-corrected chi connectivity index (χ1v) is 15.3. The van der Waals surface area contributed by atoms with Crippen LogP contribution in [0.15, 0.2) is 30.5 Å². The van der Waals surface area contributed by atoms with Gasteiger partial charge in [-0.15, -0.1) is 5.10 Å². The van der Waals surface area contributed by atoms with Gasteiger partial charge in [0.05, 0.1) is 91.3 Å². The molecule has 0 aliphatic carbocycles. The Hall–Kier alpha value is -2.75. The lowest BCUT2D eigenvalue weighted by molar-refractivity contribution is -0.146. The molecule has 0 N–H and O–H groups in total. The van der Waals surface area contributed by atoms with Gasteiger partial charge in [0.1, 0.15) is 11.5 Å². The second-order valence-electron chi connectivity index (χ2n) is 10.1. The maximum Gasteiger partial charge on any atom is 0.395 e. The maximum absolute atomic E-state index is 12.8. The largest absolute Gasteiger partial charge is 0.395 e. The summed E-state index contributed by atoms with van der Waals surface area (Å²) in [4.78, 5) is 23.5. The summed E-state index contributed by atoms with van der Waals surface area (Å²) < 4.78 is 72.9. The van der Waals surface area contributed by atoms with Gasteiger partial charge < -0.3 is 28.4 Å². The summed E-state index contributed by atoms with van der Waals surface area (Å²) in [6.45, 7) is 8.48. The minimum atomic E-state index is -4.31. The molecule has 1 aromatic carbocycles. The van der Waals surface area contributed by atoms with Crippen LogP contribution in [-0.2, 0) is 46.4 Å². The Morgan fingerprint density at radius 2 is 1.33 bits per heavy atom. The van der Waals surface area contributed by atoms with Gasteiger partial charge in [0.15, 0.2) is 5.78 Å². The molecule has 0 saturated heterocycles. The molecular formula is C31H46F3N3O8. The number of ether oxygens (including phenoxy) is 6. The van der Waals surface area contributed by atoms with Crippen LogP contribution in [0.5, 0.6) is 0 Å². The zero-order valence-electron chi connectivity index (χ0n) is 26.2. The molecule has 0 saturated carbocycles. The molecule has 0 radical (unpaired) electrons. The Morgan fingerprint density at radius 1 is 0.778 bits per heavy atom. The topological polar surface area (TPSA) is 120 Å². The quantitative estimate of drug-likeness (QED) is 0.101. The van der Waals surface area contributed by atoms with Crippen LogP contribution < -0.4 is 0 Å². The van der Waals surface area contributed by atoms with Crippen LogP contribution in [-0.4, -0.2) is 105 Å². The molecule has 254 valence electrons. The van der Waals surface area contributed by atoms with Crippen LogP contribution in [0.4, 0.5) is 13.2 Å². The lowest BCUT2D eigenvalue weighted by Crippen LogP contribution is -2.17. The highest BCUT2D eigenvalue weighted by molar-refractivity contribution is 5.96. The third kappa shape index (κ3) is 17.5. The van der Waals surface area contributed by atoms with Crippen LogP contribution >= 0.6 is 0 Å². The number of ketones is 2. The summed E-state index contributed by atoms with van der Waals surface area (Å²) in [5, 5.41) is 8.10. The van der Waals surface area contributed by atoms with Gasteiger partial charge in [-0.25, -0.2) is 4.68 Å². The number of benzene rings is 1. The molecule has 1 heterocycles. The first kappa shape index (κ1) is 38.4. The summed E-state index contributed by atoms with van der Waals surface area (Å²) in [6, 6.07) is 5.59. The van der Waals surface area contributed by atoms with Gasteiger partial charge in [0.2, 0.25) is 0 Å². The lowest BCUT2D eigenvalue weighted by Gasteiger charge is -2.16. The van der Waals surface area contributed by atoms with Gasteiger partial charge >= 0.3 is 6.18 Å². The summed E-state index contributed by atoms with van der Waals surface area (Å²) >= 11 is 0. The van der Waals surface area contributed by atoms with Crippen molar-refractivity contribution in [3.63, 3.8) is 0 Å². The Balaban J connectivity index is 1.39. The number of alkyl halides is 3. The number of rotatable bonds is 27. The molecule has 0 aliphatic rings. The van der Waals surface area contributed by atoms with Gasteiger partial charge in [-0.3, -0.25) is 9.59 Å². The van der Waals surface area contributed by atoms with Crippen LogP contribution in [0.3, 0.4) is 0 Å². The Morgan fingerprint density at radius 3 is 1.91 bits per heavy atom.